The third-order valence-corrected chi connectivity index (χ3v) is 4.89. The molecular weight excluding hydrogens is 332 g/mol. The monoisotopic (exact) mass is 354 g/mol. The molecule has 0 aromatic carbocycles. The Balaban J connectivity index is 1.37. The van der Waals surface area contributed by atoms with Crippen LogP contribution in [0.15, 0.2) is 12.4 Å². The van der Waals surface area contributed by atoms with Crippen molar-refractivity contribution in [2.45, 2.75) is 50.7 Å². The molecule has 2 aliphatic rings. The lowest BCUT2D eigenvalue weighted by Gasteiger charge is -2.42. The van der Waals surface area contributed by atoms with Gasteiger partial charge in [0, 0.05) is 37.8 Å². The van der Waals surface area contributed by atoms with E-state index in [1.54, 1.807) is 17.1 Å². The zero-order valence-corrected chi connectivity index (χ0v) is 14.3. The number of aliphatic carboxylic acids is 1. The number of nitrogens with zero attached hydrogens (tertiary/aromatic N) is 3. The average molecular weight is 355 g/mol. The van der Waals surface area contributed by atoms with E-state index in [1.807, 2.05) is 0 Å². The summed E-state index contributed by atoms with van der Waals surface area (Å²) < 4.78 is 1.65. The van der Waals surface area contributed by atoms with E-state index in [4.69, 9.17) is 16.7 Å². The van der Waals surface area contributed by atoms with E-state index in [-0.39, 0.29) is 24.5 Å². The number of rotatable bonds is 9. The standard InChI is InChI=1S/C16H23ClN4O3/c17-12-7-18-21(9-12)4-3-15(22)19-13-5-14(6-13)20(10-16(23)24)8-11-1-2-11/h7,9,11,13-14H,1-6,8,10H2,(H,19,22)(H,23,24). The second-order valence-electron chi connectivity index (χ2n) is 6.83. The highest BCUT2D eigenvalue weighted by molar-refractivity contribution is 6.30. The number of aryl methyl sites for hydroxylation is 1. The fourth-order valence-corrected chi connectivity index (χ4v) is 3.29. The third kappa shape index (κ3) is 4.95. The Morgan fingerprint density at radius 3 is 2.75 bits per heavy atom. The quantitative estimate of drug-likeness (QED) is 0.699. The summed E-state index contributed by atoms with van der Waals surface area (Å²) in [5.74, 6) is -0.114. The van der Waals surface area contributed by atoms with Gasteiger partial charge in [-0.2, -0.15) is 5.10 Å². The van der Waals surface area contributed by atoms with Crippen LogP contribution in [-0.4, -0.2) is 56.8 Å². The summed E-state index contributed by atoms with van der Waals surface area (Å²) >= 11 is 5.78. The van der Waals surface area contributed by atoms with Gasteiger partial charge in [-0.3, -0.25) is 19.2 Å². The van der Waals surface area contributed by atoms with E-state index >= 15 is 0 Å². The summed E-state index contributed by atoms with van der Waals surface area (Å²) in [7, 11) is 0. The number of carbonyl (C=O) groups is 2. The van der Waals surface area contributed by atoms with E-state index in [2.05, 4.69) is 15.3 Å². The van der Waals surface area contributed by atoms with E-state index in [0.717, 1.165) is 19.4 Å². The van der Waals surface area contributed by atoms with E-state index < -0.39 is 5.97 Å². The van der Waals surface area contributed by atoms with Crippen molar-refractivity contribution in [3.05, 3.63) is 17.4 Å². The summed E-state index contributed by atoms with van der Waals surface area (Å²) in [5, 5.41) is 16.7. The molecule has 7 nitrogen and oxygen atoms in total. The Bertz CT molecular complexity index is 596. The number of hydrogen-bond acceptors (Lipinski definition) is 4. The minimum atomic E-state index is -0.777. The molecule has 0 unspecified atom stereocenters. The Morgan fingerprint density at radius 1 is 1.42 bits per heavy atom. The topological polar surface area (TPSA) is 87.5 Å². The lowest BCUT2D eigenvalue weighted by atomic mass is 9.85. The molecule has 0 spiro atoms. The van der Waals surface area contributed by atoms with Gasteiger partial charge in [-0.25, -0.2) is 0 Å². The van der Waals surface area contributed by atoms with Gasteiger partial charge in [0.15, 0.2) is 0 Å². The van der Waals surface area contributed by atoms with Crippen LogP contribution in [0.5, 0.6) is 0 Å². The second kappa shape index (κ2) is 7.53. The average Bonchev–Trinajstić information content (AvgIpc) is 3.19. The van der Waals surface area contributed by atoms with Gasteiger partial charge in [0.1, 0.15) is 0 Å². The van der Waals surface area contributed by atoms with Gasteiger partial charge in [-0.1, -0.05) is 11.6 Å². The maximum atomic E-state index is 12.0. The van der Waals surface area contributed by atoms with Crippen LogP contribution < -0.4 is 5.32 Å². The van der Waals surface area contributed by atoms with Crippen molar-refractivity contribution >= 4 is 23.5 Å². The van der Waals surface area contributed by atoms with Crippen molar-refractivity contribution < 1.29 is 14.7 Å². The minimum absolute atomic E-state index is 0.00273. The number of amides is 1. The molecule has 2 saturated carbocycles. The zero-order valence-electron chi connectivity index (χ0n) is 13.5. The van der Waals surface area contributed by atoms with E-state index in [9.17, 15) is 9.59 Å². The molecule has 1 aromatic rings. The number of carboxylic acid groups (broad SMARTS) is 1. The number of nitrogens with one attached hydrogen (secondary N) is 1. The first-order chi connectivity index (χ1) is 11.5. The number of halogens is 1. The summed E-state index contributed by atoms with van der Waals surface area (Å²) in [4.78, 5) is 25.0. The van der Waals surface area contributed by atoms with E-state index in [0.29, 0.717) is 23.9 Å². The molecule has 2 fully saturated rings. The summed E-state index contributed by atoms with van der Waals surface area (Å²) in [6.45, 7) is 1.47. The van der Waals surface area contributed by atoms with Crippen molar-refractivity contribution in [3.63, 3.8) is 0 Å². The molecule has 132 valence electrons. The van der Waals surface area contributed by atoms with Gasteiger partial charge in [-0.05, 0) is 31.6 Å². The maximum absolute atomic E-state index is 12.0. The molecule has 0 atom stereocenters. The van der Waals surface area contributed by atoms with Gasteiger partial charge in [-0.15, -0.1) is 0 Å². The fourth-order valence-electron chi connectivity index (χ4n) is 3.13. The van der Waals surface area contributed by atoms with Crippen LogP contribution in [-0.2, 0) is 16.1 Å². The lowest BCUT2D eigenvalue weighted by molar-refractivity contribution is -0.140. The van der Waals surface area contributed by atoms with Crippen LogP contribution >= 0.6 is 11.6 Å². The number of hydrogen-bond donors (Lipinski definition) is 2. The van der Waals surface area contributed by atoms with Crippen molar-refractivity contribution in [2.75, 3.05) is 13.1 Å². The molecule has 2 N–H and O–H groups in total. The lowest BCUT2D eigenvalue weighted by Crippen LogP contribution is -2.55. The molecule has 0 radical (unpaired) electrons. The molecule has 1 aromatic heterocycles. The molecule has 1 amide bonds. The Labute approximate surface area is 146 Å². The SMILES string of the molecule is O=C(O)CN(CC1CC1)C1CC(NC(=O)CCn2cc(Cl)cn2)C1. The minimum Gasteiger partial charge on any atom is -0.480 e. The first-order valence-electron chi connectivity index (χ1n) is 8.42. The molecule has 0 aliphatic heterocycles. The largest absolute Gasteiger partial charge is 0.480 e. The predicted molar refractivity (Wildman–Crippen MR) is 88.7 cm³/mol. The molecule has 0 saturated heterocycles. The number of carbonyl (C=O) groups excluding carboxylic acids is 1. The molecule has 1 heterocycles. The summed E-state index contributed by atoms with van der Waals surface area (Å²) in [5.41, 5.74) is 0. The van der Waals surface area contributed by atoms with Crippen molar-refractivity contribution in [3.8, 4) is 0 Å². The zero-order chi connectivity index (χ0) is 17.1. The van der Waals surface area contributed by atoms with Crippen LogP contribution in [0, 0.1) is 5.92 Å². The van der Waals surface area contributed by atoms with Crippen LogP contribution in [0.1, 0.15) is 32.1 Å². The van der Waals surface area contributed by atoms with Crippen LogP contribution in [0.25, 0.3) is 0 Å². The van der Waals surface area contributed by atoms with Gasteiger partial charge >= 0.3 is 5.97 Å². The smallest absolute Gasteiger partial charge is 0.317 e. The normalized spacial score (nSPS) is 23.1. The van der Waals surface area contributed by atoms with Gasteiger partial charge in [0.25, 0.3) is 0 Å². The Morgan fingerprint density at radius 2 is 2.17 bits per heavy atom. The first kappa shape index (κ1) is 17.2. The van der Waals surface area contributed by atoms with E-state index in [1.165, 1.54) is 12.8 Å². The van der Waals surface area contributed by atoms with Crippen LogP contribution in [0.3, 0.4) is 0 Å². The second-order valence-corrected chi connectivity index (χ2v) is 7.26. The van der Waals surface area contributed by atoms with Crippen molar-refractivity contribution in [1.82, 2.24) is 20.0 Å². The van der Waals surface area contributed by atoms with Gasteiger partial charge < -0.3 is 10.4 Å². The van der Waals surface area contributed by atoms with Crippen molar-refractivity contribution in [2.24, 2.45) is 5.92 Å². The van der Waals surface area contributed by atoms with Crippen LogP contribution in [0.4, 0.5) is 0 Å². The summed E-state index contributed by atoms with van der Waals surface area (Å²) in [6, 6.07) is 0.427. The highest BCUT2D eigenvalue weighted by Gasteiger charge is 2.37. The molecule has 0 bridgehead atoms. The molecule has 2 aliphatic carbocycles. The molecule has 3 rings (SSSR count). The Kier molecular flexibility index (Phi) is 5.40. The van der Waals surface area contributed by atoms with Gasteiger partial charge in [0.2, 0.25) is 5.91 Å². The highest BCUT2D eigenvalue weighted by atomic mass is 35.5. The molecule has 24 heavy (non-hydrogen) atoms. The molecular formula is C16H23ClN4O3. The number of aromatic nitrogens is 2. The highest BCUT2D eigenvalue weighted by Crippen LogP contribution is 2.33. The molecule has 8 heteroatoms. The van der Waals surface area contributed by atoms with Crippen molar-refractivity contribution in [1.29, 1.82) is 0 Å². The number of carboxylic acids is 1. The maximum Gasteiger partial charge on any atom is 0.317 e. The Hall–Kier alpha value is -1.60. The van der Waals surface area contributed by atoms with Crippen LogP contribution in [0.2, 0.25) is 5.02 Å². The predicted octanol–water partition coefficient (Wildman–Crippen LogP) is 1.37. The van der Waals surface area contributed by atoms with Gasteiger partial charge in [0.05, 0.1) is 17.8 Å². The first-order valence-corrected chi connectivity index (χ1v) is 8.80. The third-order valence-electron chi connectivity index (χ3n) is 4.69. The fraction of sp³-hybridized carbons (Fsp3) is 0.688. The summed E-state index contributed by atoms with van der Waals surface area (Å²) in [6.07, 6.45) is 7.68.